The minimum Gasteiger partial charge on any atom is -0.302 e. The summed E-state index contributed by atoms with van der Waals surface area (Å²) in [7, 11) is -2.03. The van der Waals surface area contributed by atoms with E-state index in [1.165, 1.54) is 16.7 Å². The molecule has 0 aliphatic carbocycles. The van der Waals surface area contributed by atoms with Crippen LogP contribution in [0.4, 0.5) is 5.69 Å². The molecule has 23 heavy (non-hydrogen) atoms. The molecule has 0 fully saturated rings. The summed E-state index contributed by atoms with van der Waals surface area (Å²) in [4.78, 5) is 11.7. The van der Waals surface area contributed by atoms with Gasteiger partial charge in [-0.3, -0.25) is 9.52 Å². The summed E-state index contributed by atoms with van der Waals surface area (Å²) >= 11 is 1.04. The normalized spacial score (nSPS) is 11.8. The Bertz CT molecular complexity index is 1060. The zero-order valence-corrected chi connectivity index (χ0v) is 14.6. The first kappa shape index (κ1) is 15.8. The van der Waals surface area contributed by atoms with Gasteiger partial charge in [-0.05, 0) is 49.2 Å². The van der Waals surface area contributed by atoms with Crippen LogP contribution in [0.25, 0.3) is 10.2 Å². The number of anilines is 1. The van der Waals surface area contributed by atoms with E-state index in [-0.39, 0.29) is 9.77 Å². The molecule has 0 aliphatic rings. The Morgan fingerprint density at radius 2 is 1.83 bits per heavy atom. The summed E-state index contributed by atoms with van der Waals surface area (Å²) in [6, 6.07) is 10.3. The van der Waals surface area contributed by atoms with Gasteiger partial charge in [0.2, 0.25) is 0 Å². The summed E-state index contributed by atoms with van der Waals surface area (Å²) in [6.07, 6.45) is 0. The van der Waals surface area contributed by atoms with E-state index in [1.807, 2.05) is 26.0 Å². The molecule has 0 saturated carbocycles. The molecule has 0 aliphatic heterocycles. The average molecular weight is 348 g/mol. The smallest absolute Gasteiger partial charge is 0.302 e. The van der Waals surface area contributed by atoms with Crippen LogP contribution < -0.4 is 9.60 Å². The maximum atomic E-state index is 12.6. The van der Waals surface area contributed by atoms with Crippen molar-refractivity contribution in [3.05, 3.63) is 57.2 Å². The molecule has 5 nitrogen and oxygen atoms in total. The van der Waals surface area contributed by atoms with E-state index >= 15 is 0 Å². The first-order valence-corrected chi connectivity index (χ1v) is 9.27. The van der Waals surface area contributed by atoms with Crippen molar-refractivity contribution in [1.29, 1.82) is 0 Å². The molecule has 3 aromatic rings. The molecule has 2 aromatic carbocycles. The summed E-state index contributed by atoms with van der Waals surface area (Å²) in [5, 5.41) is 0. The second-order valence-electron chi connectivity index (χ2n) is 5.48. The lowest BCUT2D eigenvalue weighted by Gasteiger charge is -2.11. The number of rotatable bonds is 3. The Kier molecular flexibility index (Phi) is 3.77. The van der Waals surface area contributed by atoms with E-state index in [1.54, 1.807) is 19.2 Å². The van der Waals surface area contributed by atoms with E-state index in [0.717, 1.165) is 28.0 Å². The number of hydrogen-bond donors (Lipinski definition) is 1. The van der Waals surface area contributed by atoms with Crippen molar-refractivity contribution in [1.82, 2.24) is 4.57 Å². The van der Waals surface area contributed by atoms with E-state index in [2.05, 4.69) is 4.72 Å². The molecule has 120 valence electrons. The standard InChI is InChI=1S/C16H16N2O3S2/c1-10-4-5-11(2)13(8-10)17-23(20,21)12-6-7-14-15(9-12)22-16(19)18(14)3/h4-9,17H,1-3H3. The van der Waals surface area contributed by atoms with Gasteiger partial charge in [-0.15, -0.1) is 0 Å². The third kappa shape index (κ3) is 2.89. The van der Waals surface area contributed by atoms with Gasteiger partial charge in [0.1, 0.15) is 0 Å². The molecule has 0 saturated heterocycles. The van der Waals surface area contributed by atoms with E-state index in [9.17, 15) is 13.2 Å². The van der Waals surface area contributed by atoms with Gasteiger partial charge in [0.15, 0.2) is 0 Å². The number of nitrogens with one attached hydrogen (secondary N) is 1. The Hall–Kier alpha value is -2.12. The van der Waals surface area contributed by atoms with Crippen molar-refractivity contribution < 1.29 is 8.42 Å². The zero-order chi connectivity index (χ0) is 16.8. The van der Waals surface area contributed by atoms with Gasteiger partial charge in [0.25, 0.3) is 10.0 Å². The summed E-state index contributed by atoms with van der Waals surface area (Å²) < 4.78 is 30.0. The highest BCUT2D eigenvalue weighted by Crippen LogP contribution is 2.24. The molecule has 0 amide bonds. The third-order valence-electron chi connectivity index (χ3n) is 3.71. The quantitative estimate of drug-likeness (QED) is 0.791. The summed E-state index contributed by atoms with van der Waals surface area (Å²) in [5.74, 6) is 0. The SMILES string of the molecule is Cc1ccc(C)c(NS(=O)(=O)c2ccc3c(c2)sc(=O)n3C)c1. The van der Waals surface area contributed by atoms with Gasteiger partial charge < -0.3 is 4.57 Å². The first-order valence-electron chi connectivity index (χ1n) is 6.97. The molecule has 0 bridgehead atoms. The Labute approximate surface area is 138 Å². The van der Waals surface area contributed by atoms with Crippen LogP contribution in [0.3, 0.4) is 0 Å². The first-order chi connectivity index (χ1) is 10.8. The Morgan fingerprint density at radius 1 is 1.09 bits per heavy atom. The number of hydrogen-bond acceptors (Lipinski definition) is 4. The maximum Gasteiger partial charge on any atom is 0.307 e. The van der Waals surface area contributed by atoms with E-state index < -0.39 is 10.0 Å². The summed E-state index contributed by atoms with van der Waals surface area (Å²) in [5.41, 5.74) is 3.12. The molecule has 0 radical (unpaired) electrons. The van der Waals surface area contributed by atoms with Crippen molar-refractivity contribution in [2.24, 2.45) is 7.05 Å². The fraction of sp³-hybridized carbons (Fsp3) is 0.188. The largest absolute Gasteiger partial charge is 0.307 e. The lowest BCUT2D eigenvalue weighted by Crippen LogP contribution is -2.14. The number of thiazole rings is 1. The van der Waals surface area contributed by atoms with Crippen molar-refractivity contribution >= 4 is 37.3 Å². The monoisotopic (exact) mass is 348 g/mol. The van der Waals surface area contributed by atoms with E-state index in [4.69, 9.17) is 0 Å². The second-order valence-corrected chi connectivity index (χ2v) is 8.16. The molecule has 1 heterocycles. The second kappa shape index (κ2) is 5.50. The van der Waals surface area contributed by atoms with Gasteiger partial charge in [0, 0.05) is 7.05 Å². The van der Waals surface area contributed by atoms with Crippen LogP contribution >= 0.6 is 11.3 Å². The molecular weight excluding hydrogens is 332 g/mol. The van der Waals surface area contributed by atoms with Crippen molar-refractivity contribution in [2.45, 2.75) is 18.7 Å². The lowest BCUT2D eigenvalue weighted by atomic mass is 10.1. The van der Waals surface area contributed by atoms with Crippen molar-refractivity contribution in [3.63, 3.8) is 0 Å². The Balaban J connectivity index is 2.05. The number of sulfonamides is 1. The number of benzene rings is 2. The van der Waals surface area contributed by atoms with Crippen molar-refractivity contribution in [2.75, 3.05) is 4.72 Å². The minimum absolute atomic E-state index is 0.114. The molecule has 3 rings (SSSR count). The molecule has 1 N–H and O–H groups in total. The number of fused-ring (bicyclic) bond motifs is 1. The molecule has 7 heteroatoms. The van der Waals surface area contributed by atoms with Crippen LogP contribution in [0.2, 0.25) is 0 Å². The molecule has 0 unspecified atom stereocenters. The average Bonchev–Trinajstić information content (AvgIpc) is 2.77. The zero-order valence-electron chi connectivity index (χ0n) is 13.0. The topological polar surface area (TPSA) is 68.2 Å². The molecule has 1 aromatic heterocycles. The van der Waals surface area contributed by atoms with Crippen molar-refractivity contribution in [3.8, 4) is 0 Å². The highest BCUT2D eigenvalue weighted by molar-refractivity contribution is 7.92. The van der Waals surface area contributed by atoms with Gasteiger partial charge in [-0.2, -0.15) is 0 Å². The molecule has 0 spiro atoms. The predicted molar refractivity (Wildman–Crippen MR) is 93.8 cm³/mol. The fourth-order valence-corrected chi connectivity index (χ4v) is 4.47. The van der Waals surface area contributed by atoms with Gasteiger partial charge >= 0.3 is 4.87 Å². The minimum atomic E-state index is -3.70. The van der Waals surface area contributed by atoms with Gasteiger partial charge in [-0.1, -0.05) is 23.5 Å². The highest BCUT2D eigenvalue weighted by atomic mass is 32.2. The maximum absolute atomic E-state index is 12.6. The van der Waals surface area contributed by atoms with Crippen LogP contribution in [0.5, 0.6) is 0 Å². The third-order valence-corrected chi connectivity index (χ3v) is 6.07. The summed E-state index contributed by atoms with van der Waals surface area (Å²) in [6.45, 7) is 3.76. The van der Waals surface area contributed by atoms with Crippen LogP contribution in [0.15, 0.2) is 46.1 Å². The highest BCUT2D eigenvalue weighted by Gasteiger charge is 2.17. The van der Waals surface area contributed by atoms with Gasteiger partial charge in [-0.25, -0.2) is 8.42 Å². The van der Waals surface area contributed by atoms with Crippen LogP contribution in [-0.2, 0) is 17.1 Å². The number of aryl methyl sites for hydroxylation is 3. The predicted octanol–water partition coefficient (Wildman–Crippen LogP) is 3.02. The lowest BCUT2D eigenvalue weighted by molar-refractivity contribution is 0.601. The van der Waals surface area contributed by atoms with Gasteiger partial charge in [0.05, 0.1) is 20.8 Å². The van der Waals surface area contributed by atoms with Crippen LogP contribution in [0.1, 0.15) is 11.1 Å². The Morgan fingerprint density at radius 3 is 2.57 bits per heavy atom. The molecular formula is C16H16N2O3S2. The van der Waals surface area contributed by atoms with Crippen LogP contribution in [0, 0.1) is 13.8 Å². The van der Waals surface area contributed by atoms with E-state index in [0.29, 0.717) is 10.4 Å². The molecule has 0 atom stereocenters. The number of aromatic nitrogens is 1. The van der Waals surface area contributed by atoms with Crippen LogP contribution in [-0.4, -0.2) is 13.0 Å². The fourth-order valence-electron chi connectivity index (χ4n) is 2.33. The number of nitrogens with zero attached hydrogens (tertiary/aromatic N) is 1.